The molecule has 2 N–H and O–H groups in total. The number of aliphatic hydroxyl groups is 2. The summed E-state index contributed by atoms with van der Waals surface area (Å²) in [6.45, 7) is 0.342. The number of piperazine rings is 1. The molecule has 0 saturated carbocycles. The first kappa shape index (κ1) is 21.4. The van der Waals surface area contributed by atoms with Gasteiger partial charge >= 0.3 is 0 Å². The third-order valence-electron chi connectivity index (χ3n) is 6.46. The number of hydrogen-bond acceptors (Lipinski definition) is 5. The third-order valence-corrected chi connectivity index (χ3v) is 6.46. The van der Waals surface area contributed by atoms with Crippen molar-refractivity contribution in [2.24, 2.45) is 5.10 Å². The molecule has 3 atom stereocenters. The third kappa shape index (κ3) is 3.36. The van der Waals surface area contributed by atoms with E-state index in [0.29, 0.717) is 31.5 Å². The number of hydrogen-bond donors (Lipinski definition) is 2. The standard InChI is InChI=1S/C23H19F4N3O3/c24-11-3-5-13(15(26)8-11)19(14-6-4-12(25)9-16(14)27)20-17-2-1-7-29(17)23(33)21-22(32)18(31)10-28-30(20)21/h3-6,8-10,17-20,31-32H,1-2,7H2/t17-,18?,20-/m1/s1. The molecular weight excluding hydrogens is 442 g/mol. The van der Waals surface area contributed by atoms with E-state index in [1.54, 1.807) is 0 Å². The fourth-order valence-corrected chi connectivity index (χ4v) is 5.06. The van der Waals surface area contributed by atoms with Crippen LogP contribution in [0, 0.1) is 23.3 Å². The molecule has 3 aliphatic rings. The number of carbonyl (C=O) groups is 1. The molecule has 0 bridgehead atoms. The van der Waals surface area contributed by atoms with Crippen LogP contribution in [0.15, 0.2) is 53.0 Å². The quantitative estimate of drug-likeness (QED) is 0.689. The highest BCUT2D eigenvalue weighted by Crippen LogP contribution is 2.45. The van der Waals surface area contributed by atoms with Crippen molar-refractivity contribution in [3.05, 3.63) is 82.3 Å². The lowest BCUT2D eigenvalue weighted by Gasteiger charge is -2.48. The van der Waals surface area contributed by atoms with Crippen LogP contribution in [0.3, 0.4) is 0 Å². The smallest absolute Gasteiger partial charge is 0.276 e. The maximum absolute atomic E-state index is 15.1. The van der Waals surface area contributed by atoms with Crippen molar-refractivity contribution in [1.82, 2.24) is 9.91 Å². The molecule has 2 fully saturated rings. The summed E-state index contributed by atoms with van der Waals surface area (Å²) in [5.41, 5.74) is -0.440. The summed E-state index contributed by atoms with van der Waals surface area (Å²) < 4.78 is 57.5. The number of halogens is 4. The second-order valence-electron chi connectivity index (χ2n) is 8.30. The lowest BCUT2D eigenvalue weighted by molar-refractivity contribution is -0.136. The summed E-state index contributed by atoms with van der Waals surface area (Å²) in [7, 11) is 0. The highest BCUT2D eigenvalue weighted by Gasteiger charge is 2.52. The fourth-order valence-electron chi connectivity index (χ4n) is 5.06. The Kier molecular flexibility index (Phi) is 5.12. The van der Waals surface area contributed by atoms with Gasteiger partial charge in [-0.15, -0.1) is 0 Å². The molecule has 0 aromatic heterocycles. The molecule has 3 aliphatic heterocycles. The number of hydrazone groups is 1. The number of carbonyl (C=O) groups excluding carboxylic acids is 1. The van der Waals surface area contributed by atoms with Crippen molar-refractivity contribution >= 4 is 12.1 Å². The van der Waals surface area contributed by atoms with Crippen molar-refractivity contribution in [2.45, 2.75) is 36.9 Å². The zero-order chi connectivity index (χ0) is 23.4. The van der Waals surface area contributed by atoms with Gasteiger partial charge in [0.1, 0.15) is 29.4 Å². The second kappa shape index (κ2) is 7.87. The van der Waals surface area contributed by atoms with Gasteiger partial charge in [-0.2, -0.15) is 5.10 Å². The van der Waals surface area contributed by atoms with Gasteiger partial charge in [0.2, 0.25) is 0 Å². The first-order valence-corrected chi connectivity index (χ1v) is 10.4. The number of benzene rings is 2. The lowest BCUT2D eigenvalue weighted by atomic mass is 9.78. The van der Waals surface area contributed by atoms with E-state index in [0.717, 1.165) is 18.3 Å². The van der Waals surface area contributed by atoms with Crippen LogP contribution < -0.4 is 0 Å². The van der Waals surface area contributed by atoms with Gasteiger partial charge in [0.25, 0.3) is 5.91 Å². The Hall–Kier alpha value is -3.40. The van der Waals surface area contributed by atoms with Crippen LogP contribution in [0.25, 0.3) is 0 Å². The molecule has 2 saturated heterocycles. The van der Waals surface area contributed by atoms with Crippen LogP contribution in [0.1, 0.15) is 29.9 Å². The Morgan fingerprint density at radius 2 is 1.61 bits per heavy atom. The molecule has 10 heteroatoms. The van der Waals surface area contributed by atoms with Gasteiger partial charge in [0.05, 0.1) is 18.3 Å². The summed E-state index contributed by atoms with van der Waals surface area (Å²) in [5.74, 6) is -5.87. The first-order valence-electron chi connectivity index (χ1n) is 10.4. The largest absolute Gasteiger partial charge is 0.507 e. The Bertz CT molecular complexity index is 1150. The average Bonchev–Trinajstić information content (AvgIpc) is 3.25. The minimum Gasteiger partial charge on any atom is -0.507 e. The summed E-state index contributed by atoms with van der Waals surface area (Å²) in [6.07, 6.45) is 0.596. The second-order valence-corrected chi connectivity index (χ2v) is 8.30. The molecule has 2 aromatic carbocycles. The number of fused-ring (bicyclic) bond motifs is 2. The van der Waals surface area contributed by atoms with Gasteiger partial charge in [-0.05, 0) is 36.1 Å². The summed E-state index contributed by atoms with van der Waals surface area (Å²) in [5, 5.41) is 25.8. The van der Waals surface area contributed by atoms with E-state index in [1.807, 2.05) is 0 Å². The zero-order valence-electron chi connectivity index (χ0n) is 17.1. The predicted molar refractivity (Wildman–Crippen MR) is 109 cm³/mol. The number of rotatable bonds is 3. The van der Waals surface area contributed by atoms with Gasteiger partial charge in [-0.25, -0.2) is 17.6 Å². The Morgan fingerprint density at radius 3 is 2.18 bits per heavy atom. The molecule has 1 amide bonds. The van der Waals surface area contributed by atoms with E-state index in [2.05, 4.69) is 5.10 Å². The SMILES string of the molecule is O=C1C2=C(O)C(O)C=NN2[C@@H](C(c2ccc(F)cc2F)c2ccc(F)cc2F)[C@H]2CCCN12. The average molecular weight is 461 g/mol. The van der Waals surface area contributed by atoms with E-state index in [-0.39, 0.29) is 16.8 Å². The van der Waals surface area contributed by atoms with Crippen molar-refractivity contribution in [1.29, 1.82) is 0 Å². The minimum atomic E-state index is -1.51. The van der Waals surface area contributed by atoms with Gasteiger partial charge in [0.15, 0.2) is 11.5 Å². The van der Waals surface area contributed by atoms with Crippen molar-refractivity contribution in [3.8, 4) is 0 Å². The van der Waals surface area contributed by atoms with Crippen LogP contribution in [-0.4, -0.2) is 57.0 Å². The highest BCUT2D eigenvalue weighted by atomic mass is 19.1. The van der Waals surface area contributed by atoms with E-state index < -0.39 is 59.0 Å². The molecule has 6 nitrogen and oxygen atoms in total. The Morgan fingerprint density at radius 1 is 1.00 bits per heavy atom. The molecule has 1 unspecified atom stereocenters. The van der Waals surface area contributed by atoms with Crippen LogP contribution in [0.4, 0.5) is 17.6 Å². The lowest BCUT2D eigenvalue weighted by Crippen LogP contribution is -2.60. The van der Waals surface area contributed by atoms with Crippen molar-refractivity contribution in [2.75, 3.05) is 6.54 Å². The summed E-state index contributed by atoms with van der Waals surface area (Å²) in [6, 6.07) is 4.28. The van der Waals surface area contributed by atoms with E-state index in [9.17, 15) is 23.8 Å². The van der Waals surface area contributed by atoms with Crippen molar-refractivity contribution < 1.29 is 32.6 Å². The van der Waals surface area contributed by atoms with Gasteiger partial charge < -0.3 is 15.1 Å². The molecule has 0 aliphatic carbocycles. The van der Waals surface area contributed by atoms with Gasteiger partial charge in [0, 0.05) is 24.6 Å². The van der Waals surface area contributed by atoms with E-state index in [1.165, 1.54) is 22.0 Å². The van der Waals surface area contributed by atoms with Crippen molar-refractivity contribution in [3.63, 3.8) is 0 Å². The van der Waals surface area contributed by atoms with E-state index in [4.69, 9.17) is 0 Å². The molecule has 172 valence electrons. The Balaban J connectivity index is 1.76. The van der Waals surface area contributed by atoms with Gasteiger partial charge in [-0.1, -0.05) is 12.1 Å². The number of amides is 1. The number of nitrogens with zero attached hydrogens (tertiary/aromatic N) is 3. The van der Waals surface area contributed by atoms with Crippen LogP contribution in [-0.2, 0) is 4.79 Å². The Labute approximate surface area is 186 Å². The molecule has 33 heavy (non-hydrogen) atoms. The maximum Gasteiger partial charge on any atom is 0.276 e. The molecule has 3 heterocycles. The normalized spacial score (nSPS) is 24.5. The molecule has 2 aromatic rings. The highest BCUT2D eigenvalue weighted by molar-refractivity contribution is 5.96. The molecule has 5 rings (SSSR count). The zero-order valence-corrected chi connectivity index (χ0v) is 17.1. The monoisotopic (exact) mass is 461 g/mol. The van der Waals surface area contributed by atoms with E-state index >= 15 is 8.78 Å². The van der Waals surface area contributed by atoms with Crippen LogP contribution in [0.5, 0.6) is 0 Å². The first-order chi connectivity index (χ1) is 15.8. The molecular formula is C23H19F4N3O3. The number of aliphatic hydroxyl groups excluding tert-OH is 2. The topological polar surface area (TPSA) is 76.4 Å². The summed E-state index contributed by atoms with van der Waals surface area (Å²) >= 11 is 0. The van der Waals surface area contributed by atoms with Gasteiger partial charge in [-0.3, -0.25) is 9.80 Å². The molecule has 0 spiro atoms. The van der Waals surface area contributed by atoms with Crippen LogP contribution >= 0.6 is 0 Å². The fraction of sp³-hybridized carbons (Fsp3) is 0.304. The predicted octanol–water partition coefficient (Wildman–Crippen LogP) is 3.18. The molecule has 0 radical (unpaired) electrons. The minimum absolute atomic E-state index is 0.0757. The maximum atomic E-state index is 15.1. The summed E-state index contributed by atoms with van der Waals surface area (Å²) in [4.78, 5) is 14.6. The van der Waals surface area contributed by atoms with Crippen LogP contribution in [0.2, 0.25) is 0 Å².